The summed E-state index contributed by atoms with van der Waals surface area (Å²) >= 11 is 0. The van der Waals surface area contributed by atoms with Gasteiger partial charge in [-0.1, -0.05) is 18.2 Å². The van der Waals surface area contributed by atoms with Crippen LogP contribution in [-0.2, 0) is 4.79 Å². The molecule has 1 heterocycles. The number of amides is 3. The molecule has 1 saturated heterocycles. The van der Waals surface area contributed by atoms with Crippen LogP contribution in [0.4, 0.5) is 14.9 Å². The van der Waals surface area contributed by atoms with Gasteiger partial charge < -0.3 is 10.2 Å². The van der Waals surface area contributed by atoms with Crippen molar-refractivity contribution in [2.45, 2.75) is 0 Å². The maximum absolute atomic E-state index is 13.7. The molecule has 0 unspecified atom stereocenters. The van der Waals surface area contributed by atoms with Gasteiger partial charge in [0.25, 0.3) is 0 Å². The lowest BCUT2D eigenvalue weighted by Crippen LogP contribution is -2.40. The van der Waals surface area contributed by atoms with E-state index < -0.39 is 5.82 Å². The normalized spacial score (nSPS) is 14.6. The first-order chi connectivity index (χ1) is 9.63. The molecule has 0 aliphatic carbocycles. The summed E-state index contributed by atoms with van der Waals surface area (Å²) in [6.07, 6.45) is 1.56. The number of hydrogen-bond acceptors (Lipinski definition) is 2. The number of urea groups is 1. The van der Waals surface area contributed by atoms with E-state index in [0.29, 0.717) is 19.6 Å². The largest absolute Gasteiger partial charge is 0.351 e. The first-order valence-electron chi connectivity index (χ1n) is 6.32. The van der Waals surface area contributed by atoms with Crippen LogP contribution < -0.4 is 10.2 Å². The van der Waals surface area contributed by atoms with Gasteiger partial charge in [-0.3, -0.25) is 9.69 Å². The third kappa shape index (κ3) is 2.96. The molecule has 0 spiro atoms. The molecule has 0 saturated carbocycles. The van der Waals surface area contributed by atoms with Gasteiger partial charge in [-0.15, -0.1) is 6.58 Å². The fourth-order valence-electron chi connectivity index (χ4n) is 2.04. The van der Waals surface area contributed by atoms with E-state index in [1.807, 2.05) is 0 Å². The molecule has 1 fully saturated rings. The molecule has 2 rings (SSSR count). The second-order valence-electron chi connectivity index (χ2n) is 4.40. The Balaban J connectivity index is 2.01. The monoisotopic (exact) mass is 277 g/mol. The van der Waals surface area contributed by atoms with Crippen LogP contribution in [0.2, 0.25) is 0 Å². The van der Waals surface area contributed by atoms with Crippen molar-refractivity contribution < 1.29 is 14.0 Å². The Morgan fingerprint density at radius 2 is 2.15 bits per heavy atom. The lowest BCUT2D eigenvalue weighted by atomic mass is 10.3. The number of hydrogen-bond donors (Lipinski definition) is 1. The standard InChI is InChI=1S/C14H16FN3O2/c1-2-7-16-13(19)10-17-8-9-18(14(17)20)12-6-4-3-5-11(12)15/h2-6H,1,7-10H2,(H,16,19). The maximum Gasteiger partial charge on any atom is 0.325 e. The summed E-state index contributed by atoms with van der Waals surface area (Å²) < 4.78 is 13.7. The quantitative estimate of drug-likeness (QED) is 0.826. The molecule has 0 atom stereocenters. The van der Waals surface area contributed by atoms with Crippen LogP contribution in [0, 0.1) is 5.82 Å². The Morgan fingerprint density at radius 3 is 2.85 bits per heavy atom. The van der Waals surface area contributed by atoms with Gasteiger partial charge >= 0.3 is 6.03 Å². The zero-order valence-corrected chi connectivity index (χ0v) is 11.0. The van der Waals surface area contributed by atoms with Crippen molar-refractivity contribution in [2.24, 2.45) is 0 Å². The molecular formula is C14H16FN3O2. The van der Waals surface area contributed by atoms with Crippen molar-refractivity contribution in [3.8, 4) is 0 Å². The van der Waals surface area contributed by atoms with Crippen LogP contribution in [0.15, 0.2) is 36.9 Å². The minimum atomic E-state index is -0.446. The summed E-state index contributed by atoms with van der Waals surface area (Å²) in [5.41, 5.74) is 0.242. The average Bonchev–Trinajstić information content (AvgIpc) is 2.79. The van der Waals surface area contributed by atoms with Gasteiger partial charge in [-0.25, -0.2) is 9.18 Å². The zero-order valence-electron chi connectivity index (χ0n) is 11.0. The molecule has 0 bridgehead atoms. The van der Waals surface area contributed by atoms with Crippen LogP contribution >= 0.6 is 0 Å². The van der Waals surface area contributed by atoms with Gasteiger partial charge in [0.1, 0.15) is 12.4 Å². The minimum Gasteiger partial charge on any atom is -0.351 e. The molecule has 1 aromatic carbocycles. The molecular weight excluding hydrogens is 261 g/mol. The molecule has 1 aromatic rings. The van der Waals surface area contributed by atoms with Crippen LogP contribution in [0.5, 0.6) is 0 Å². The van der Waals surface area contributed by atoms with Gasteiger partial charge in [0.2, 0.25) is 5.91 Å². The van der Waals surface area contributed by atoms with E-state index in [-0.39, 0.29) is 24.2 Å². The Morgan fingerprint density at radius 1 is 1.40 bits per heavy atom. The molecule has 3 amide bonds. The number of benzene rings is 1. The summed E-state index contributed by atoms with van der Waals surface area (Å²) in [5, 5.41) is 2.60. The van der Waals surface area contributed by atoms with E-state index in [4.69, 9.17) is 0 Å². The minimum absolute atomic E-state index is 0.0301. The molecule has 106 valence electrons. The molecule has 0 radical (unpaired) electrons. The Kier molecular flexibility index (Phi) is 4.34. The van der Waals surface area contributed by atoms with E-state index in [9.17, 15) is 14.0 Å². The number of para-hydroxylation sites is 1. The predicted molar refractivity (Wildman–Crippen MR) is 73.9 cm³/mol. The Hall–Kier alpha value is -2.37. The number of halogens is 1. The smallest absolute Gasteiger partial charge is 0.325 e. The fraction of sp³-hybridized carbons (Fsp3) is 0.286. The van der Waals surface area contributed by atoms with Crippen LogP contribution in [-0.4, -0.2) is 43.0 Å². The number of carbonyl (C=O) groups excluding carboxylic acids is 2. The van der Waals surface area contributed by atoms with Crippen molar-refractivity contribution in [3.05, 3.63) is 42.7 Å². The molecule has 20 heavy (non-hydrogen) atoms. The van der Waals surface area contributed by atoms with E-state index in [0.717, 1.165) is 0 Å². The lowest BCUT2D eigenvalue weighted by Gasteiger charge is -2.18. The van der Waals surface area contributed by atoms with E-state index in [1.54, 1.807) is 24.3 Å². The highest BCUT2D eigenvalue weighted by Gasteiger charge is 2.31. The number of anilines is 1. The Labute approximate surface area is 116 Å². The molecule has 6 heteroatoms. The number of nitrogens with one attached hydrogen (secondary N) is 1. The Bertz CT molecular complexity index is 533. The van der Waals surface area contributed by atoms with Crippen molar-refractivity contribution in [3.63, 3.8) is 0 Å². The first-order valence-corrected chi connectivity index (χ1v) is 6.32. The topological polar surface area (TPSA) is 52.7 Å². The van der Waals surface area contributed by atoms with Gasteiger partial charge in [0.05, 0.1) is 5.69 Å². The highest BCUT2D eigenvalue weighted by atomic mass is 19.1. The third-order valence-electron chi connectivity index (χ3n) is 3.02. The van der Waals surface area contributed by atoms with Crippen molar-refractivity contribution >= 4 is 17.6 Å². The first kappa shape index (κ1) is 14.0. The van der Waals surface area contributed by atoms with Crippen molar-refractivity contribution in [1.82, 2.24) is 10.2 Å². The summed E-state index contributed by atoms with van der Waals surface area (Å²) in [6.45, 7) is 4.59. The van der Waals surface area contributed by atoms with Crippen LogP contribution in [0.25, 0.3) is 0 Å². The zero-order chi connectivity index (χ0) is 14.5. The fourth-order valence-corrected chi connectivity index (χ4v) is 2.04. The molecule has 1 N–H and O–H groups in total. The van der Waals surface area contributed by atoms with Gasteiger partial charge in [0, 0.05) is 19.6 Å². The van der Waals surface area contributed by atoms with Crippen LogP contribution in [0.1, 0.15) is 0 Å². The van der Waals surface area contributed by atoms with E-state index in [1.165, 1.54) is 15.9 Å². The maximum atomic E-state index is 13.7. The van der Waals surface area contributed by atoms with E-state index >= 15 is 0 Å². The van der Waals surface area contributed by atoms with Crippen LogP contribution in [0.3, 0.4) is 0 Å². The molecule has 1 aliphatic heterocycles. The number of rotatable bonds is 5. The summed E-state index contributed by atoms with van der Waals surface area (Å²) in [7, 11) is 0. The third-order valence-corrected chi connectivity index (χ3v) is 3.02. The van der Waals surface area contributed by atoms with Gasteiger partial charge in [0.15, 0.2) is 0 Å². The average molecular weight is 277 g/mol. The van der Waals surface area contributed by atoms with Crippen molar-refractivity contribution in [2.75, 3.05) is 31.1 Å². The molecule has 5 nitrogen and oxygen atoms in total. The summed E-state index contributed by atoms with van der Waals surface area (Å²) in [4.78, 5) is 26.5. The second-order valence-corrected chi connectivity index (χ2v) is 4.40. The number of nitrogens with zero attached hydrogens (tertiary/aromatic N) is 2. The van der Waals surface area contributed by atoms with Crippen molar-refractivity contribution in [1.29, 1.82) is 0 Å². The summed E-state index contributed by atoms with van der Waals surface area (Å²) in [6, 6.07) is 5.74. The molecule has 0 aromatic heterocycles. The lowest BCUT2D eigenvalue weighted by molar-refractivity contribution is -0.121. The van der Waals surface area contributed by atoms with Gasteiger partial charge in [-0.2, -0.15) is 0 Å². The highest BCUT2D eigenvalue weighted by Crippen LogP contribution is 2.22. The second kappa shape index (κ2) is 6.18. The summed E-state index contributed by atoms with van der Waals surface area (Å²) in [5.74, 6) is -0.701. The SMILES string of the molecule is C=CCNC(=O)CN1CCN(c2ccccc2F)C1=O. The van der Waals surface area contributed by atoms with Gasteiger partial charge in [-0.05, 0) is 12.1 Å². The molecule has 1 aliphatic rings. The number of carbonyl (C=O) groups is 2. The van der Waals surface area contributed by atoms with E-state index in [2.05, 4.69) is 11.9 Å². The highest BCUT2D eigenvalue weighted by molar-refractivity contribution is 5.96. The predicted octanol–water partition coefficient (Wildman–Crippen LogP) is 1.37.